The van der Waals surface area contributed by atoms with Gasteiger partial charge in [0.15, 0.2) is 5.69 Å². The fourth-order valence-electron chi connectivity index (χ4n) is 3.62. The van der Waals surface area contributed by atoms with Crippen LogP contribution in [0.5, 0.6) is 0 Å². The SMILES string of the molecule is Cc1cccc(NC(=O)c2nc(C(=O)N3CCC(C)CC3)n3ccccc23)c1. The Morgan fingerprint density at radius 3 is 2.64 bits per heavy atom. The van der Waals surface area contributed by atoms with Crippen molar-refractivity contribution >= 4 is 23.0 Å². The van der Waals surface area contributed by atoms with E-state index in [0.29, 0.717) is 22.9 Å². The molecule has 0 spiro atoms. The molecule has 4 rings (SSSR count). The number of carbonyl (C=O) groups excluding carboxylic acids is 2. The first kappa shape index (κ1) is 18.2. The molecule has 6 nitrogen and oxygen atoms in total. The molecule has 28 heavy (non-hydrogen) atoms. The van der Waals surface area contributed by atoms with E-state index in [1.807, 2.05) is 54.3 Å². The van der Waals surface area contributed by atoms with Crippen LogP contribution in [0.1, 0.15) is 46.4 Å². The minimum Gasteiger partial charge on any atom is -0.336 e. The Hall–Kier alpha value is -3.15. The molecule has 1 N–H and O–H groups in total. The van der Waals surface area contributed by atoms with Gasteiger partial charge in [-0.1, -0.05) is 25.1 Å². The molecule has 0 aliphatic carbocycles. The second-order valence-corrected chi connectivity index (χ2v) is 7.54. The molecule has 144 valence electrons. The number of hydrogen-bond acceptors (Lipinski definition) is 3. The largest absolute Gasteiger partial charge is 0.336 e. The number of pyridine rings is 1. The molecule has 0 radical (unpaired) electrons. The highest BCUT2D eigenvalue weighted by Gasteiger charge is 2.27. The van der Waals surface area contributed by atoms with Crippen LogP contribution in [0.15, 0.2) is 48.7 Å². The summed E-state index contributed by atoms with van der Waals surface area (Å²) in [6.07, 6.45) is 3.77. The van der Waals surface area contributed by atoms with Crippen molar-refractivity contribution in [1.29, 1.82) is 0 Å². The van der Waals surface area contributed by atoms with Crippen LogP contribution in [-0.4, -0.2) is 39.2 Å². The summed E-state index contributed by atoms with van der Waals surface area (Å²) >= 11 is 0. The van der Waals surface area contributed by atoms with E-state index < -0.39 is 0 Å². The van der Waals surface area contributed by atoms with Crippen molar-refractivity contribution in [3.05, 3.63) is 65.7 Å². The standard InChI is InChI=1S/C22H24N4O2/c1-15-9-12-25(13-10-15)22(28)20-24-19(18-8-3-4-11-26(18)20)21(27)23-17-7-5-6-16(2)14-17/h3-8,11,14-15H,9-10,12-13H2,1-2H3,(H,23,27). The maximum absolute atomic E-state index is 13.1. The number of anilines is 1. The Morgan fingerprint density at radius 1 is 1.11 bits per heavy atom. The molecule has 0 atom stereocenters. The van der Waals surface area contributed by atoms with E-state index in [2.05, 4.69) is 17.2 Å². The molecule has 1 aliphatic heterocycles. The number of benzene rings is 1. The predicted molar refractivity (Wildman–Crippen MR) is 109 cm³/mol. The molecule has 3 heterocycles. The van der Waals surface area contributed by atoms with Gasteiger partial charge in [-0.15, -0.1) is 0 Å². The molecule has 6 heteroatoms. The third-order valence-electron chi connectivity index (χ3n) is 5.30. The van der Waals surface area contributed by atoms with E-state index in [1.54, 1.807) is 10.6 Å². The highest BCUT2D eigenvalue weighted by molar-refractivity contribution is 6.09. The second kappa shape index (κ2) is 7.46. The highest BCUT2D eigenvalue weighted by Crippen LogP contribution is 2.21. The molecule has 0 saturated carbocycles. The smallest absolute Gasteiger partial charge is 0.290 e. The van der Waals surface area contributed by atoms with Crippen LogP contribution in [0.3, 0.4) is 0 Å². The lowest BCUT2D eigenvalue weighted by molar-refractivity contribution is 0.0684. The Kier molecular flexibility index (Phi) is 4.86. The lowest BCUT2D eigenvalue weighted by Crippen LogP contribution is -2.38. The van der Waals surface area contributed by atoms with Gasteiger partial charge in [-0.2, -0.15) is 0 Å². The van der Waals surface area contributed by atoms with Crippen molar-refractivity contribution in [2.75, 3.05) is 18.4 Å². The summed E-state index contributed by atoms with van der Waals surface area (Å²) in [7, 11) is 0. The minimum absolute atomic E-state index is 0.122. The second-order valence-electron chi connectivity index (χ2n) is 7.54. The predicted octanol–water partition coefficient (Wildman–Crippen LogP) is 3.77. The zero-order valence-electron chi connectivity index (χ0n) is 16.2. The first-order valence-corrected chi connectivity index (χ1v) is 9.67. The van der Waals surface area contributed by atoms with Crippen molar-refractivity contribution in [3.63, 3.8) is 0 Å². The van der Waals surface area contributed by atoms with Crippen LogP contribution >= 0.6 is 0 Å². The number of hydrogen-bond donors (Lipinski definition) is 1. The van der Waals surface area contributed by atoms with Crippen molar-refractivity contribution < 1.29 is 9.59 Å². The van der Waals surface area contributed by atoms with Gasteiger partial charge in [0.05, 0.1) is 5.52 Å². The normalized spacial score (nSPS) is 15.0. The van der Waals surface area contributed by atoms with Gasteiger partial charge >= 0.3 is 0 Å². The molecule has 3 aromatic rings. The Balaban J connectivity index is 1.66. The third-order valence-corrected chi connectivity index (χ3v) is 5.30. The average molecular weight is 376 g/mol. The first-order chi connectivity index (χ1) is 13.5. The van der Waals surface area contributed by atoms with Crippen LogP contribution in [-0.2, 0) is 0 Å². The quantitative estimate of drug-likeness (QED) is 0.757. The van der Waals surface area contributed by atoms with Crippen molar-refractivity contribution in [3.8, 4) is 0 Å². The van der Waals surface area contributed by atoms with E-state index in [9.17, 15) is 9.59 Å². The Bertz CT molecular complexity index is 1030. The van der Waals surface area contributed by atoms with Crippen molar-refractivity contribution in [2.45, 2.75) is 26.7 Å². The number of aromatic nitrogens is 2. The summed E-state index contributed by atoms with van der Waals surface area (Å²) < 4.78 is 1.71. The van der Waals surface area contributed by atoms with Crippen molar-refractivity contribution in [1.82, 2.24) is 14.3 Å². The number of nitrogens with zero attached hydrogens (tertiary/aromatic N) is 3. The number of fused-ring (bicyclic) bond motifs is 1. The number of likely N-dealkylation sites (tertiary alicyclic amines) is 1. The van der Waals surface area contributed by atoms with E-state index in [0.717, 1.165) is 31.5 Å². The third kappa shape index (κ3) is 3.50. The maximum atomic E-state index is 13.1. The number of piperidine rings is 1. The Labute approximate surface area is 164 Å². The van der Waals surface area contributed by atoms with Gasteiger partial charge < -0.3 is 10.2 Å². The molecule has 2 aromatic heterocycles. The monoisotopic (exact) mass is 376 g/mol. The summed E-state index contributed by atoms with van der Waals surface area (Å²) in [4.78, 5) is 32.3. The van der Waals surface area contributed by atoms with Gasteiger partial charge in [0.25, 0.3) is 11.8 Å². The average Bonchev–Trinajstić information content (AvgIpc) is 3.08. The van der Waals surface area contributed by atoms with Gasteiger partial charge in [0, 0.05) is 25.0 Å². The van der Waals surface area contributed by atoms with Gasteiger partial charge in [0.2, 0.25) is 5.82 Å². The summed E-state index contributed by atoms with van der Waals surface area (Å²) in [5.74, 6) is 0.486. The van der Waals surface area contributed by atoms with Crippen LogP contribution in [0.25, 0.3) is 5.52 Å². The lowest BCUT2D eigenvalue weighted by Gasteiger charge is -2.29. The first-order valence-electron chi connectivity index (χ1n) is 9.67. The number of carbonyl (C=O) groups is 2. The fourth-order valence-corrected chi connectivity index (χ4v) is 3.62. The van der Waals surface area contributed by atoms with Crippen molar-refractivity contribution in [2.24, 2.45) is 5.92 Å². The van der Waals surface area contributed by atoms with Gasteiger partial charge in [0.1, 0.15) is 0 Å². The fraction of sp³-hybridized carbons (Fsp3) is 0.318. The van der Waals surface area contributed by atoms with E-state index >= 15 is 0 Å². The molecular formula is C22H24N4O2. The molecule has 1 aromatic carbocycles. The number of rotatable bonds is 3. The van der Waals surface area contributed by atoms with Crippen LogP contribution in [0.4, 0.5) is 5.69 Å². The summed E-state index contributed by atoms with van der Waals surface area (Å²) in [6, 6.07) is 13.1. The number of amides is 2. The summed E-state index contributed by atoms with van der Waals surface area (Å²) in [6.45, 7) is 5.64. The van der Waals surface area contributed by atoms with Crippen LogP contribution in [0.2, 0.25) is 0 Å². The van der Waals surface area contributed by atoms with E-state index in [-0.39, 0.29) is 17.5 Å². The molecular weight excluding hydrogens is 352 g/mol. The van der Waals surface area contributed by atoms with Gasteiger partial charge in [-0.05, 0) is 55.5 Å². The summed E-state index contributed by atoms with van der Waals surface area (Å²) in [5, 5.41) is 2.89. The van der Waals surface area contributed by atoms with Crippen LogP contribution < -0.4 is 5.32 Å². The number of nitrogens with one attached hydrogen (secondary N) is 1. The molecule has 1 fully saturated rings. The molecule has 1 saturated heterocycles. The van der Waals surface area contributed by atoms with E-state index in [1.165, 1.54) is 0 Å². The lowest BCUT2D eigenvalue weighted by atomic mass is 9.99. The zero-order chi connectivity index (χ0) is 19.7. The molecule has 2 amide bonds. The highest BCUT2D eigenvalue weighted by atomic mass is 16.2. The number of aryl methyl sites for hydroxylation is 1. The van der Waals surface area contributed by atoms with E-state index in [4.69, 9.17) is 0 Å². The number of imidazole rings is 1. The van der Waals surface area contributed by atoms with Crippen LogP contribution in [0, 0.1) is 12.8 Å². The summed E-state index contributed by atoms with van der Waals surface area (Å²) in [5.41, 5.74) is 2.65. The molecule has 1 aliphatic rings. The Morgan fingerprint density at radius 2 is 1.89 bits per heavy atom. The minimum atomic E-state index is -0.319. The zero-order valence-corrected chi connectivity index (χ0v) is 16.2. The topological polar surface area (TPSA) is 66.7 Å². The molecule has 0 bridgehead atoms. The molecule has 0 unspecified atom stereocenters. The van der Waals surface area contributed by atoms with Gasteiger partial charge in [-0.25, -0.2) is 4.98 Å². The van der Waals surface area contributed by atoms with Gasteiger partial charge in [-0.3, -0.25) is 14.0 Å². The maximum Gasteiger partial charge on any atom is 0.290 e.